The Labute approximate surface area is 125 Å². The SMILES string of the molecule is CC1CN(C)CCCN1CCCc1nc(CCl)cs1. The number of alkyl halides is 1. The summed E-state index contributed by atoms with van der Waals surface area (Å²) in [6.07, 6.45) is 3.57. The van der Waals surface area contributed by atoms with Crippen LogP contribution < -0.4 is 0 Å². The summed E-state index contributed by atoms with van der Waals surface area (Å²) in [5.41, 5.74) is 1.02. The number of halogens is 1. The van der Waals surface area contributed by atoms with Crippen LogP contribution in [0.3, 0.4) is 0 Å². The predicted octanol–water partition coefficient (Wildman–Crippen LogP) is 2.84. The number of hydrogen-bond acceptors (Lipinski definition) is 4. The molecule has 1 atom stereocenters. The number of thiazole rings is 1. The molecule has 1 unspecified atom stereocenters. The molecule has 0 aliphatic carbocycles. The second-order valence-electron chi connectivity index (χ2n) is 5.47. The van der Waals surface area contributed by atoms with Crippen LogP contribution in [0.25, 0.3) is 0 Å². The van der Waals surface area contributed by atoms with Crippen molar-refractivity contribution in [2.75, 3.05) is 33.2 Å². The highest BCUT2D eigenvalue weighted by atomic mass is 35.5. The van der Waals surface area contributed by atoms with Crippen LogP contribution in [0.4, 0.5) is 0 Å². The molecule has 0 saturated carbocycles. The second kappa shape index (κ2) is 7.58. The van der Waals surface area contributed by atoms with Crippen LogP contribution in [-0.4, -0.2) is 54.1 Å². The smallest absolute Gasteiger partial charge is 0.0929 e. The summed E-state index contributed by atoms with van der Waals surface area (Å²) in [4.78, 5) is 9.59. The van der Waals surface area contributed by atoms with E-state index >= 15 is 0 Å². The van der Waals surface area contributed by atoms with Gasteiger partial charge in [0.1, 0.15) is 0 Å². The average molecular weight is 302 g/mol. The van der Waals surface area contributed by atoms with Gasteiger partial charge in [0, 0.05) is 24.4 Å². The first-order valence-corrected chi connectivity index (χ1v) is 8.52. The number of hydrogen-bond donors (Lipinski definition) is 0. The molecule has 2 heterocycles. The first-order valence-electron chi connectivity index (χ1n) is 7.11. The fourth-order valence-corrected chi connectivity index (χ4v) is 3.78. The zero-order valence-corrected chi connectivity index (χ0v) is 13.5. The summed E-state index contributed by atoms with van der Waals surface area (Å²) in [5.74, 6) is 0.534. The van der Waals surface area contributed by atoms with Crippen LogP contribution in [0.5, 0.6) is 0 Å². The van der Waals surface area contributed by atoms with Gasteiger partial charge in [0.25, 0.3) is 0 Å². The van der Waals surface area contributed by atoms with Crippen LogP contribution in [0.2, 0.25) is 0 Å². The Hall–Kier alpha value is -0.160. The van der Waals surface area contributed by atoms with Gasteiger partial charge in [-0.2, -0.15) is 0 Å². The molecular formula is C14H24ClN3S. The maximum atomic E-state index is 5.78. The summed E-state index contributed by atoms with van der Waals surface area (Å²) in [6.45, 7) is 7.18. The molecule has 0 N–H and O–H groups in total. The Bertz CT molecular complexity index is 383. The zero-order chi connectivity index (χ0) is 13.7. The molecule has 108 valence electrons. The minimum absolute atomic E-state index is 0.534. The lowest BCUT2D eigenvalue weighted by Crippen LogP contribution is -2.38. The second-order valence-corrected chi connectivity index (χ2v) is 6.68. The quantitative estimate of drug-likeness (QED) is 0.780. The average Bonchev–Trinajstić information content (AvgIpc) is 2.78. The summed E-state index contributed by atoms with van der Waals surface area (Å²) in [7, 11) is 2.23. The Balaban J connectivity index is 1.75. The molecule has 19 heavy (non-hydrogen) atoms. The maximum absolute atomic E-state index is 5.78. The standard InChI is InChI=1S/C14H24ClN3S/c1-12-10-17(2)6-4-8-18(12)7-3-5-14-16-13(9-15)11-19-14/h11-12H,3-10H2,1-2H3. The number of rotatable bonds is 5. The lowest BCUT2D eigenvalue weighted by molar-refractivity contribution is 0.200. The van der Waals surface area contributed by atoms with Gasteiger partial charge in [0.15, 0.2) is 0 Å². The third-order valence-electron chi connectivity index (χ3n) is 3.76. The number of aryl methyl sites for hydroxylation is 1. The topological polar surface area (TPSA) is 19.4 Å². The van der Waals surface area contributed by atoms with Crippen molar-refractivity contribution in [3.63, 3.8) is 0 Å². The number of aromatic nitrogens is 1. The Morgan fingerprint density at radius 1 is 1.47 bits per heavy atom. The van der Waals surface area contributed by atoms with Crippen LogP contribution in [0, 0.1) is 0 Å². The van der Waals surface area contributed by atoms with Gasteiger partial charge in [-0.05, 0) is 46.4 Å². The molecule has 1 aliphatic rings. The minimum Gasteiger partial charge on any atom is -0.305 e. The Kier molecular flexibility index (Phi) is 6.07. The molecule has 5 heteroatoms. The van der Waals surface area contributed by atoms with Gasteiger partial charge in [0.05, 0.1) is 16.6 Å². The van der Waals surface area contributed by atoms with Crippen molar-refractivity contribution in [3.05, 3.63) is 16.1 Å². The van der Waals surface area contributed by atoms with Crippen molar-refractivity contribution >= 4 is 22.9 Å². The highest BCUT2D eigenvalue weighted by Crippen LogP contribution is 2.15. The summed E-state index contributed by atoms with van der Waals surface area (Å²) in [5, 5.41) is 3.31. The zero-order valence-electron chi connectivity index (χ0n) is 11.9. The number of likely N-dealkylation sites (N-methyl/N-ethyl adjacent to an activating group) is 1. The number of nitrogens with zero attached hydrogens (tertiary/aromatic N) is 3. The highest BCUT2D eigenvalue weighted by molar-refractivity contribution is 7.09. The van der Waals surface area contributed by atoms with Crippen LogP contribution >= 0.6 is 22.9 Å². The van der Waals surface area contributed by atoms with Gasteiger partial charge >= 0.3 is 0 Å². The fraction of sp³-hybridized carbons (Fsp3) is 0.786. The van der Waals surface area contributed by atoms with E-state index in [0.29, 0.717) is 11.9 Å². The van der Waals surface area contributed by atoms with E-state index in [1.165, 1.54) is 44.0 Å². The summed E-state index contributed by atoms with van der Waals surface area (Å²) >= 11 is 7.52. The normalized spacial score (nSPS) is 22.6. The van der Waals surface area contributed by atoms with Gasteiger partial charge < -0.3 is 4.90 Å². The van der Waals surface area contributed by atoms with Gasteiger partial charge in [-0.25, -0.2) is 4.98 Å². The lowest BCUT2D eigenvalue weighted by atomic mass is 10.2. The predicted molar refractivity (Wildman–Crippen MR) is 83.1 cm³/mol. The van der Waals surface area contributed by atoms with E-state index < -0.39 is 0 Å². The molecule has 3 nitrogen and oxygen atoms in total. The van der Waals surface area contributed by atoms with Gasteiger partial charge in [0.2, 0.25) is 0 Å². The molecule has 0 spiro atoms. The van der Waals surface area contributed by atoms with Crippen LogP contribution in [0.1, 0.15) is 30.5 Å². The summed E-state index contributed by atoms with van der Waals surface area (Å²) < 4.78 is 0. The molecule has 0 amide bonds. The molecule has 0 bridgehead atoms. The van der Waals surface area contributed by atoms with Crippen LogP contribution in [0.15, 0.2) is 5.38 Å². The van der Waals surface area contributed by atoms with E-state index in [2.05, 4.69) is 34.1 Å². The van der Waals surface area contributed by atoms with Crippen molar-refractivity contribution < 1.29 is 0 Å². The molecule has 1 saturated heterocycles. The molecule has 0 aromatic carbocycles. The van der Waals surface area contributed by atoms with Crippen LogP contribution in [-0.2, 0) is 12.3 Å². The van der Waals surface area contributed by atoms with Gasteiger partial charge in [-0.1, -0.05) is 0 Å². The first-order chi connectivity index (χ1) is 9.19. The first kappa shape index (κ1) is 15.2. The van der Waals surface area contributed by atoms with E-state index in [1.807, 2.05) is 0 Å². The lowest BCUT2D eigenvalue weighted by Gasteiger charge is -2.27. The van der Waals surface area contributed by atoms with E-state index in [4.69, 9.17) is 11.6 Å². The molecule has 1 aromatic heterocycles. The van der Waals surface area contributed by atoms with E-state index in [1.54, 1.807) is 11.3 Å². The van der Waals surface area contributed by atoms with Crippen molar-refractivity contribution in [3.8, 4) is 0 Å². The van der Waals surface area contributed by atoms with Crippen molar-refractivity contribution in [1.82, 2.24) is 14.8 Å². The largest absolute Gasteiger partial charge is 0.305 e. The molecule has 1 aliphatic heterocycles. The van der Waals surface area contributed by atoms with Gasteiger partial charge in [-0.15, -0.1) is 22.9 Å². The maximum Gasteiger partial charge on any atom is 0.0929 e. The summed E-state index contributed by atoms with van der Waals surface area (Å²) in [6, 6.07) is 0.669. The Morgan fingerprint density at radius 2 is 2.32 bits per heavy atom. The van der Waals surface area contributed by atoms with Crippen molar-refractivity contribution in [1.29, 1.82) is 0 Å². The van der Waals surface area contributed by atoms with E-state index in [0.717, 1.165) is 12.1 Å². The molecule has 1 aromatic rings. The van der Waals surface area contributed by atoms with E-state index in [-0.39, 0.29) is 0 Å². The van der Waals surface area contributed by atoms with E-state index in [9.17, 15) is 0 Å². The molecule has 1 fully saturated rings. The van der Waals surface area contributed by atoms with Crippen molar-refractivity contribution in [2.24, 2.45) is 0 Å². The van der Waals surface area contributed by atoms with Gasteiger partial charge in [-0.3, -0.25) is 4.90 Å². The monoisotopic (exact) mass is 301 g/mol. The molecule has 0 radical (unpaired) electrons. The highest BCUT2D eigenvalue weighted by Gasteiger charge is 2.18. The Morgan fingerprint density at radius 3 is 3.05 bits per heavy atom. The third-order valence-corrected chi connectivity index (χ3v) is 4.99. The van der Waals surface area contributed by atoms with Crippen molar-refractivity contribution in [2.45, 2.75) is 38.1 Å². The molecular weight excluding hydrogens is 278 g/mol. The fourth-order valence-electron chi connectivity index (χ4n) is 2.71. The molecule has 2 rings (SSSR count). The minimum atomic E-state index is 0.534. The third kappa shape index (κ3) is 4.71.